The third-order valence-electron chi connectivity index (χ3n) is 2.13. The Bertz CT molecular complexity index is 585. The number of pyridine rings is 1. The van der Waals surface area contributed by atoms with Gasteiger partial charge in [-0.1, -0.05) is 0 Å². The average molecular weight is 305 g/mol. The third kappa shape index (κ3) is 3.16. The Labute approximate surface area is 104 Å². The highest BCUT2D eigenvalue weighted by Crippen LogP contribution is 2.39. The van der Waals surface area contributed by atoms with Gasteiger partial charge in [0.25, 0.3) is 6.43 Å². The van der Waals surface area contributed by atoms with E-state index in [1.54, 1.807) is 0 Å². The molecule has 0 atom stereocenters. The molecule has 1 heterocycles. The maximum absolute atomic E-state index is 12.8. The van der Waals surface area contributed by atoms with Crippen molar-refractivity contribution >= 4 is 10.0 Å². The summed E-state index contributed by atoms with van der Waals surface area (Å²) in [5.41, 5.74) is 0.864. The highest BCUT2D eigenvalue weighted by molar-refractivity contribution is 7.89. The van der Waals surface area contributed by atoms with Gasteiger partial charge in [0.05, 0.1) is 16.8 Å². The molecule has 1 rings (SSSR count). The lowest BCUT2D eigenvalue weighted by Crippen LogP contribution is -2.25. The van der Waals surface area contributed by atoms with Gasteiger partial charge in [-0.3, -0.25) is 4.98 Å². The predicted molar refractivity (Wildman–Crippen MR) is 53.5 cm³/mol. The number of nitrogens with zero attached hydrogens (tertiary/aromatic N) is 1. The molecular weight excluding hydrogens is 297 g/mol. The summed E-state index contributed by atoms with van der Waals surface area (Å²) in [6.07, 6.45) is -8.38. The molecule has 0 radical (unpaired) electrons. The van der Waals surface area contributed by atoms with Crippen LogP contribution in [0, 0.1) is 0 Å². The molecule has 0 fully saturated rings. The standard InChI is InChI=1S/C8H8F5N3O2S/c9-7(10)3-2-16-4(1-14)5(8(11,12)13)6(3)19(15,17)18/h2,7H,1,14H2,(H2,15,17,18). The van der Waals surface area contributed by atoms with E-state index in [4.69, 9.17) is 5.73 Å². The minimum absolute atomic E-state index is 0.321. The van der Waals surface area contributed by atoms with Crippen molar-refractivity contribution in [2.24, 2.45) is 10.9 Å². The van der Waals surface area contributed by atoms with Crippen LogP contribution in [0.25, 0.3) is 0 Å². The minimum Gasteiger partial charge on any atom is -0.325 e. The van der Waals surface area contributed by atoms with Gasteiger partial charge in [-0.25, -0.2) is 22.3 Å². The number of aromatic nitrogens is 1. The summed E-state index contributed by atoms with van der Waals surface area (Å²) in [4.78, 5) is 1.42. The first-order valence-corrected chi connectivity index (χ1v) is 6.14. The van der Waals surface area contributed by atoms with E-state index in [2.05, 4.69) is 10.1 Å². The lowest BCUT2D eigenvalue weighted by Gasteiger charge is -2.17. The number of nitrogens with two attached hydrogens (primary N) is 2. The first kappa shape index (κ1) is 15.7. The van der Waals surface area contributed by atoms with Crippen molar-refractivity contribution < 1.29 is 30.4 Å². The number of rotatable bonds is 3. The zero-order chi connectivity index (χ0) is 15.0. The second-order valence-corrected chi connectivity index (χ2v) is 4.91. The summed E-state index contributed by atoms with van der Waals surface area (Å²) < 4.78 is 86.0. The van der Waals surface area contributed by atoms with Crippen molar-refractivity contribution in [3.63, 3.8) is 0 Å². The largest absolute Gasteiger partial charge is 0.419 e. The molecule has 0 aliphatic heterocycles. The van der Waals surface area contributed by atoms with Crippen molar-refractivity contribution in [1.82, 2.24) is 4.98 Å². The molecule has 1 aromatic rings. The van der Waals surface area contributed by atoms with Gasteiger partial charge in [0.2, 0.25) is 10.0 Å². The molecule has 0 aliphatic carbocycles. The van der Waals surface area contributed by atoms with Gasteiger partial charge in [-0.15, -0.1) is 0 Å². The van der Waals surface area contributed by atoms with Crippen LogP contribution >= 0.6 is 0 Å². The zero-order valence-corrected chi connectivity index (χ0v) is 9.89. The van der Waals surface area contributed by atoms with E-state index in [1.807, 2.05) is 0 Å². The molecule has 1 aromatic heterocycles. The van der Waals surface area contributed by atoms with Gasteiger partial charge in [0, 0.05) is 12.7 Å². The number of hydrogen-bond acceptors (Lipinski definition) is 4. The van der Waals surface area contributed by atoms with Crippen molar-refractivity contribution in [1.29, 1.82) is 0 Å². The van der Waals surface area contributed by atoms with Gasteiger partial charge in [-0.05, 0) is 0 Å². The Balaban J connectivity index is 3.89. The molecule has 0 aromatic carbocycles. The van der Waals surface area contributed by atoms with Gasteiger partial charge in [0.1, 0.15) is 4.90 Å². The quantitative estimate of drug-likeness (QED) is 0.818. The summed E-state index contributed by atoms with van der Waals surface area (Å²) in [5, 5.41) is 4.59. The summed E-state index contributed by atoms with van der Waals surface area (Å²) in [5.74, 6) is 0. The van der Waals surface area contributed by atoms with Gasteiger partial charge < -0.3 is 5.73 Å². The van der Waals surface area contributed by atoms with Crippen molar-refractivity contribution in [3.05, 3.63) is 23.0 Å². The van der Waals surface area contributed by atoms with Crippen LogP contribution in [0.4, 0.5) is 22.0 Å². The SMILES string of the molecule is NCc1ncc(C(F)F)c(S(N)(=O)=O)c1C(F)(F)F. The van der Waals surface area contributed by atoms with E-state index in [-0.39, 0.29) is 0 Å². The van der Waals surface area contributed by atoms with Crippen LogP contribution in [0.3, 0.4) is 0 Å². The number of alkyl halides is 5. The van der Waals surface area contributed by atoms with Crippen molar-refractivity contribution in [3.8, 4) is 0 Å². The molecule has 0 spiro atoms. The van der Waals surface area contributed by atoms with Gasteiger partial charge >= 0.3 is 6.18 Å². The molecule has 0 amide bonds. The molecule has 0 unspecified atom stereocenters. The van der Waals surface area contributed by atoms with Crippen molar-refractivity contribution in [2.45, 2.75) is 24.0 Å². The maximum atomic E-state index is 12.8. The molecule has 108 valence electrons. The number of primary sulfonamides is 1. The zero-order valence-electron chi connectivity index (χ0n) is 9.08. The molecule has 0 saturated heterocycles. The molecular formula is C8H8F5N3O2S. The fraction of sp³-hybridized carbons (Fsp3) is 0.375. The normalized spacial score (nSPS) is 13.1. The highest BCUT2D eigenvalue weighted by Gasteiger charge is 2.42. The first-order chi connectivity index (χ1) is 8.50. The number of halogens is 5. The molecule has 4 N–H and O–H groups in total. The Morgan fingerprint density at radius 2 is 1.84 bits per heavy atom. The van der Waals surface area contributed by atoms with Crippen LogP contribution in [0.5, 0.6) is 0 Å². The Kier molecular flexibility index (Phi) is 4.12. The molecule has 11 heteroatoms. The van der Waals surface area contributed by atoms with E-state index in [1.165, 1.54) is 0 Å². The molecule has 0 saturated carbocycles. The summed E-state index contributed by atoms with van der Waals surface area (Å²) in [6, 6.07) is 0. The summed E-state index contributed by atoms with van der Waals surface area (Å²) in [7, 11) is -5.02. The fourth-order valence-electron chi connectivity index (χ4n) is 1.46. The fourth-order valence-corrected chi connectivity index (χ4v) is 2.44. The molecule has 19 heavy (non-hydrogen) atoms. The Morgan fingerprint density at radius 1 is 1.32 bits per heavy atom. The lowest BCUT2D eigenvalue weighted by atomic mass is 10.1. The monoisotopic (exact) mass is 305 g/mol. The van der Waals surface area contributed by atoms with Crippen LogP contribution < -0.4 is 10.9 Å². The first-order valence-electron chi connectivity index (χ1n) is 4.60. The molecule has 0 aliphatic rings. The number of sulfonamides is 1. The van der Waals surface area contributed by atoms with Crippen molar-refractivity contribution in [2.75, 3.05) is 0 Å². The van der Waals surface area contributed by atoms with Gasteiger partial charge in [0.15, 0.2) is 0 Å². The Hall–Kier alpha value is -1.33. The second kappa shape index (κ2) is 4.98. The van der Waals surface area contributed by atoms with E-state index in [0.717, 1.165) is 0 Å². The van der Waals surface area contributed by atoms with E-state index >= 15 is 0 Å². The van der Waals surface area contributed by atoms with Gasteiger partial charge in [-0.2, -0.15) is 13.2 Å². The Morgan fingerprint density at radius 3 is 2.16 bits per heavy atom. The highest BCUT2D eigenvalue weighted by atomic mass is 32.2. The smallest absolute Gasteiger partial charge is 0.325 e. The summed E-state index contributed by atoms with van der Waals surface area (Å²) in [6.45, 7) is -0.777. The van der Waals surface area contributed by atoms with Crippen LogP contribution in [-0.2, 0) is 22.7 Å². The topological polar surface area (TPSA) is 99.1 Å². The second-order valence-electron chi connectivity index (χ2n) is 3.41. The summed E-state index contributed by atoms with van der Waals surface area (Å²) >= 11 is 0. The lowest BCUT2D eigenvalue weighted by molar-refractivity contribution is -0.141. The van der Waals surface area contributed by atoms with Crippen LogP contribution in [0.1, 0.15) is 23.2 Å². The average Bonchev–Trinajstić information content (AvgIpc) is 2.24. The van der Waals surface area contributed by atoms with Crippen LogP contribution in [0.2, 0.25) is 0 Å². The minimum atomic E-state index is -5.23. The third-order valence-corrected chi connectivity index (χ3v) is 3.14. The van der Waals surface area contributed by atoms with E-state index < -0.39 is 50.9 Å². The van der Waals surface area contributed by atoms with Crippen LogP contribution in [0.15, 0.2) is 11.1 Å². The predicted octanol–water partition coefficient (Wildman–Crippen LogP) is 1.14. The van der Waals surface area contributed by atoms with Crippen LogP contribution in [-0.4, -0.2) is 13.4 Å². The van der Waals surface area contributed by atoms with E-state index in [0.29, 0.717) is 6.20 Å². The maximum Gasteiger partial charge on any atom is 0.419 e. The van der Waals surface area contributed by atoms with E-state index in [9.17, 15) is 30.4 Å². The molecule has 5 nitrogen and oxygen atoms in total. The number of hydrogen-bond donors (Lipinski definition) is 2. The molecule has 0 bridgehead atoms.